The van der Waals surface area contributed by atoms with Gasteiger partial charge in [0.2, 0.25) is 5.91 Å². The first-order valence-electron chi connectivity index (χ1n) is 8.67. The van der Waals surface area contributed by atoms with Crippen molar-refractivity contribution in [2.24, 2.45) is 0 Å². The molecule has 5 nitrogen and oxygen atoms in total. The monoisotopic (exact) mass is 393 g/mol. The molecule has 1 aromatic heterocycles. The van der Waals surface area contributed by atoms with E-state index in [9.17, 15) is 9.59 Å². The fraction of sp³-hybridized carbons (Fsp3) is 0.0909. The molecule has 0 spiro atoms. The predicted molar refractivity (Wildman–Crippen MR) is 110 cm³/mol. The Morgan fingerprint density at radius 2 is 1.75 bits per heavy atom. The Labute approximate surface area is 165 Å². The summed E-state index contributed by atoms with van der Waals surface area (Å²) in [5, 5.41) is 4.55. The molecule has 0 saturated heterocycles. The highest BCUT2D eigenvalue weighted by Crippen LogP contribution is 2.28. The molecule has 0 bridgehead atoms. The first kappa shape index (κ1) is 18.1. The quantitative estimate of drug-likeness (QED) is 0.303. The van der Waals surface area contributed by atoms with Crippen LogP contribution in [-0.2, 0) is 11.4 Å². The van der Waals surface area contributed by atoms with E-state index in [0.29, 0.717) is 29.0 Å². The Bertz CT molecular complexity index is 1220. The largest absolute Gasteiger partial charge is 0.489 e. The van der Waals surface area contributed by atoms with Gasteiger partial charge in [-0.05, 0) is 29.8 Å². The summed E-state index contributed by atoms with van der Waals surface area (Å²) in [6.45, 7) is 0.424. The van der Waals surface area contributed by atoms with Gasteiger partial charge in [-0.25, -0.2) is 4.79 Å². The highest BCUT2D eigenvalue weighted by atomic mass is 35.5. The van der Waals surface area contributed by atoms with Crippen LogP contribution in [0, 0.1) is 0 Å². The van der Waals surface area contributed by atoms with Crippen LogP contribution in [0.1, 0.15) is 5.56 Å². The Hall–Kier alpha value is -3.31. The van der Waals surface area contributed by atoms with E-state index in [2.05, 4.69) is 5.32 Å². The summed E-state index contributed by atoms with van der Waals surface area (Å²) in [5.74, 6) is 0.118. The number of nitrogens with one attached hydrogen (secondary N) is 1. The van der Waals surface area contributed by atoms with Gasteiger partial charge in [0.05, 0.1) is 5.39 Å². The summed E-state index contributed by atoms with van der Waals surface area (Å²) >= 11 is 5.50. The molecule has 4 aromatic rings. The first-order chi connectivity index (χ1) is 13.6. The smallest absolute Gasteiger partial charge is 0.344 e. The fourth-order valence-electron chi connectivity index (χ4n) is 3.02. The van der Waals surface area contributed by atoms with Crippen LogP contribution < -0.4 is 15.7 Å². The van der Waals surface area contributed by atoms with E-state index in [4.69, 9.17) is 20.8 Å². The van der Waals surface area contributed by atoms with E-state index < -0.39 is 5.63 Å². The molecule has 0 aliphatic heterocycles. The Morgan fingerprint density at radius 3 is 2.54 bits per heavy atom. The van der Waals surface area contributed by atoms with Crippen molar-refractivity contribution < 1.29 is 13.9 Å². The lowest BCUT2D eigenvalue weighted by molar-refractivity contribution is -0.113. The van der Waals surface area contributed by atoms with E-state index in [1.54, 1.807) is 24.3 Å². The van der Waals surface area contributed by atoms with Gasteiger partial charge >= 0.3 is 5.63 Å². The molecule has 28 heavy (non-hydrogen) atoms. The SMILES string of the molecule is O=C(CCl)Nc1ccc2c(c1)c(=O)oc1cc(OCc3ccccc3)ccc12. The molecule has 1 heterocycles. The van der Waals surface area contributed by atoms with Crippen molar-refractivity contribution in [3.8, 4) is 5.75 Å². The molecule has 0 radical (unpaired) electrons. The molecular weight excluding hydrogens is 378 g/mol. The molecule has 0 unspecified atom stereocenters. The number of carbonyl (C=O) groups is 1. The Morgan fingerprint density at radius 1 is 0.964 bits per heavy atom. The average molecular weight is 394 g/mol. The van der Waals surface area contributed by atoms with Crippen molar-refractivity contribution in [3.05, 3.63) is 82.7 Å². The van der Waals surface area contributed by atoms with Crippen molar-refractivity contribution in [2.75, 3.05) is 11.2 Å². The van der Waals surface area contributed by atoms with E-state index in [1.165, 1.54) is 0 Å². The predicted octanol–water partition coefficient (Wildman–Crippen LogP) is 4.70. The number of ether oxygens (including phenoxy) is 1. The molecule has 0 saturated carbocycles. The number of hydrogen-bond donors (Lipinski definition) is 1. The number of anilines is 1. The maximum absolute atomic E-state index is 12.4. The standard InChI is InChI=1S/C22H16ClNO4/c23-12-21(25)24-15-6-8-17-18-9-7-16(27-13-14-4-2-1-3-5-14)11-20(18)28-22(26)19(17)10-15/h1-11H,12-13H2,(H,24,25). The first-order valence-corrected chi connectivity index (χ1v) is 9.20. The molecule has 3 aromatic carbocycles. The third kappa shape index (κ3) is 3.70. The summed E-state index contributed by atoms with van der Waals surface area (Å²) in [6, 6.07) is 20.3. The number of halogens is 1. The molecule has 1 amide bonds. The lowest BCUT2D eigenvalue weighted by Gasteiger charge is -2.09. The summed E-state index contributed by atoms with van der Waals surface area (Å²) < 4.78 is 11.3. The lowest BCUT2D eigenvalue weighted by Crippen LogP contribution is -2.12. The average Bonchev–Trinajstić information content (AvgIpc) is 2.73. The van der Waals surface area contributed by atoms with E-state index in [-0.39, 0.29) is 11.8 Å². The lowest BCUT2D eigenvalue weighted by atomic mass is 10.1. The number of fused-ring (bicyclic) bond motifs is 3. The Balaban J connectivity index is 1.68. The topological polar surface area (TPSA) is 68.5 Å². The van der Waals surface area contributed by atoms with E-state index in [1.807, 2.05) is 42.5 Å². The molecule has 6 heteroatoms. The van der Waals surface area contributed by atoms with Crippen LogP contribution in [0.3, 0.4) is 0 Å². The molecule has 1 N–H and O–H groups in total. The summed E-state index contributed by atoms with van der Waals surface area (Å²) in [4.78, 5) is 23.9. The van der Waals surface area contributed by atoms with E-state index in [0.717, 1.165) is 16.3 Å². The van der Waals surface area contributed by atoms with Gasteiger partial charge in [0.25, 0.3) is 0 Å². The minimum absolute atomic E-state index is 0.157. The van der Waals surface area contributed by atoms with Gasteiger partial charge < -0.3 is 14.5 Å². The van der Waals surface area contributed by atoms with Crippen molar-refractivity contribution in [2.45, 2.75) is 6.61 Å². The molecule has 4 rings (SSSR count). The van der Waals surface area contributed by atoms with Crippen LogP contribution in [-0.4, -0.2) is 11.8 Å². The fourth-order valence-corrected chi connectivity index (χ4v) is 3.08. The zero-order chi connectivity index (χ0) is 19.5. The van der Waals surface area contributed by atoms with Gasteiger partial charge in [-0.3, -0.25) is 4.79 Å². The van der Waals surface area contributed by atoms with E-state index >= 15 is 0 Å². The molecule has 0 fully saturated rings. The second-order valence-corrected chi connectivity index (χ2v) is 6.53. The Kier molecular flexibility index (Phi) is 5.00. The second kappa shape index (κ2) is 7.74. The molecule has 0 atom stereocenters. The highest BCUT2D eigenvalue weighted by Gasteiger charge is 2.10. The number of rotatable bonds is 5. The van der Waals surface area contributed by atoms with Crippen molar-refractivity contribution >= 4 is 44.9 Å². The molecule has 0 aliphatic rings. The van der Waals surface area contributed by atoms with Crippen LogP contribution in [0.4, 0.5) is 5.69 Å². The molecule has 0 aliphatic carbocycles. The summed E-state index contributed by atoms with van der Waals surface area (Å²) in [6.07, 6.45) is 0. The van der Waals surface area contributed by atoms with Gasteiger partial charge in [-0.2, -0.15) is 0 Å². The van der Waals surface area contributed by atoms with Crippen molar-refractivity contribution in [1.82, 2.24) is 0 Å². The summed E-state index contributed by atoms with van der Waals surface area (Å²) in [5.41, 5.74) is 1.51. The van der Waals surface area contributed by atoms with Gasteiger partial charge in [0.1, 0.15) is 23.8 Å². The minimum Gasteiger partial charge on any atom is -0.489 e. The number of amides is 1. The molecular formula is C22H16ClNO4. The van der Waals surface area contributed by atoms with Gasteiger partial charge in [-0.1, -0.05) is 36.4 Å². The van der Waals surface area contributed by atoms with Crippen molar-refractivity contribution in [1.29, 1.82) is 0 Å². The van der Waals surface area contributed by atoms with Gasteiger partial charge in [0, 0.05) is 22.5 Å². The number of hydrogen-bond acceptors (Lipinski definition) is 4. The maximum atomic E-state index is 12.4. The third-order valence-electron chi connectivity index (χ3n) is 4.34. The normalized spacial score (nSPS) is 10.9. The van der Waals surface area contributed by atoms with Crippen molar-refractivity contribution in [3.63, 3.8) is 0 Å². The third-order valence-corrected chi connectivity index (χ3v) is 4.58. The maximum Gasteiger partial charge on any atom is 0.344 e. The van der Waals surface area contributed by atoms with Crippen LogP contribution >= 0.6 is 11.6 Å². The van der Waals surface area contributed by atoms with Gasteiger partial charge in [0.15, 0.2) is 0 Å². The zero-order valence-electron chi connectivity index (χ0n) is 14.8. The van der Waals surface area contributed by atoms with Crippen LogP contribution in [0.15, 0.2) is 75.9 Å². The zero-order valence-corrected chi connectivity index (χ0v) is 15.5. The molecule has 140 valence electrons. The van der Waals surface area contributed by atoms with Crippen LogP contribution in [0.2, 0.25) is 0 Å². The number of benzene rings is 3. The van der Waals surface area contributed by atoms with Gasteiger partial charge in [-0.15, -0.1) is 11.6 Å². The van der Waals surface area contributed by atoms with Crippen LogP contribution in [0.5, 0.6) is 5.75 Å². The minimum atomic E-state index is -0.482. The summed E-state index contributed by atoms with van der Waals surface area (Å²) in [7, 11) is 0. The number of alkyl halides is 1. The number of carbonyl (C=O) groups excluding carboxylic acids is 1. The second-order valence-electron chi connectivity index (χ2n) is 6.26. The van der Waals surface area contributed by atoms with Crippen LogP contribution in [0.25, 0.3) is 21.7 Å². The highest BCUT2D eigenvalue weighted by molar-refractivity contribution is 6.29.